The van der Waals surface area contributed by atoms with Gasteiger partial charge in [-0.25, -0.2) is 4.39 Å². The lowest BCUT2D eigenvalue weighted by Crippen LogP contribution is -2.15. The Balaban J connectivity index is 1.82. The molecule has 0 bridgehead atoms. The average molecular weight is 376 g/mol. The molecule has 1 amide bonds. The zero-order valence-corrected chi connectivity index (χ0v) is 15.5. The number of rotatable bonds is 5. The Kier molecular flexibility index (Phi) is 5.08. The number of amides is 1. The minimum atomic E-state index is -0.380. The van der Waals surface area contributed by atoms with Gasteiger partial charge in [-0.2, -0.15) is 10.2 Å². The smallest absolute Gasteiger partial charge is 0.277 e. The molecular weight excluding hydrogens is 357 g/mol. The molecule has 2 heterocycles. The monoisotopic (exact) mass is 375 g/mol. The Morgan fingerprint density at radius 3 is 2.54 bits per heavy atom. The number of nitrogens with zero attached hydrogens (tertiary/aromatic N) is 4. The van der Waals surface area contributed by atoms with Gasteiger partial charge in [0.05, 0.1) is 28.6 Å². The number of carbonyl (C=O) groups is 1. The van der Waals surface area contributed by atoms with Crippen molar-refractivity contribution < 1.29 is 9.18 Å². The Morgan fingerprint density at radius 1 is 1.23 bits per heavy atom. The van der Waals surface area contributed by atoms with Crippen LogP contribution in [0.1, 0.15) is 34.4 Å². The van der Waals surface area contributed by atoms with Crippen molar-refractivity contribution in [1.82, 2.24) is 19.6 Å². The number of carbonyl (C=O) groups excluding carboxylic acids is 1. The maximum Gasteiger partial charge on any atom is 0.277 e. The molecule has 0 aliphatic heterocycles. The highest BCUT2D eigenvalue weighted by molar-refractivity contribution is 6.34. The van der Waals surface area contributed by atoms with Crippen LogP contribution in [0.5, 0.6) is 0 Å². The lowest BCUT2D eigenvalue weighted by Gasteiger charge is -2.07. The normalized spacial score (nSPS) is 11.0. The summed E-state index contributed by atoms with van der Waals surface area (Å²) in [6.45, 7) is 6.70. The molecule has 0 saturated carbocycles. The molecule has 0 atom stereocenters. The third-order valence-corrected chi connectivity index (χ3v) is 4.40. The highest BCUT2D eigenvalue weighted by Gasteiger charge is 2.19. The highest BCUT2D eigenvalue weighted by Crippen LogP contribution is 2.23. The lowest BCUT2D eigenvalue weighted by molar-refractivity contribution is 0.102. The fourth-order valence-corrected chi connectivity index (χ4v) is 2.92. The molecule has 0 radical (unpaired) electrons. The number of anilines is 1. The molecular formula is C18H19ClFN5O. The predicted molar refractivity (Wildman–Crippen MR) is 98.1 cm³/mol. The van der Waals surface area contributed by atoms with E-state index in [0.29, 0.717) is 29.5 Å². The van der Waals surface area contributed by atoms with Gasteiger partial charge in [-0.1, -0.05) is 23.7 Å². The lowest BCUT2D eigenvalue weighted by atomic mass is 10.2. The summed E-state index contributed by atoms with van der Waals surface area (Å²) in [6.07, 6.45) is 1.62. The first-order chi connectivity index (χ1) is 12.4. The summed E-state index contributed by atoms with van der Waals surface area (Å²) in [5.41, 5.74) is 3.20. The Hall–Kier alpha value is -2.67. The Morgan fingerprint density at radius 2 is 1.92 bits per heavy atom. The molecule has 0 fully saturated rings. The second-order valence-corrected chi connectivity index (χ2v) is 6.37. The van der Waals surface area contributed by atoms with Gasteiger partial charge >= 0.3 is 0 Å². The molecule has 2 aromatic heterocycles. The van der Waals surface area contributed by atoms with Crippen LogP contribution < -0.4 is 5.32 Å². The van der Waals surface area contributed by atoms with Crippen molar-refractivity contribution in [3.8, 4) is 0 Å². The first-order valence-electron chi connectivity index (χ1n) is 8.21. The van der Waals surface area contributed by atoms with Crippen molar-refractivity contribution in [2.45, 2.75) is 33.9 Å². The van der Waals surface area contributed by atoms with Crippen molar-refractivity contribution in [2.24, 2.45) is 0 Å². The Bertz CT molecular complexity index is 945. The summed E-state index contributed by atoms with van der Waals surface area (Å²) >= 11 is 6.09. The van der Waals surface area contributed by atoms with Gasteiger partial charge in [0.15, 0.2) is 5.69 Å². The quantitative estimate of drug-likeness (QED) is 0.737. The van der Waals surface area contributed by atoms with Crippen molar-refractivity contribution >= 4 is 23.2 Å². The van der Waals surface area contributed by atoms with Crippen molar-refractivity contribution in [1.29, 1.82) is 0 Å². The molecule has 1 aromatic carbocycles. The zero-order chi connectivity index (χ0) is 18.8. The summed E-state index contributed by atoms with van der Waals surface area (Å²) in [4.78, 5) is 12.5. The van der Waals surface area contributed by atoms with Crippen LogP contribution in [0.25, 0.3) is 0 Å². The maximum atomic E-state index is 13.0. The van der Waals surface area contributed by atoms with E-state index in [4.69, 9.17) is 11.6 Å². The van der Waals surface area contributed by atoms with Gasteiger partial charge in [0, 0.05) is 12.7 Å². The van der Waals surface area contributed by atoms with Gasteiger partial charge < -0.3 is 5.32 Å². The van der Waals surface area contributed by atoms with Crippen molar-refractivity contribution in [2.75, 3.05) is 5.32 Å². The van der Waals surface area contributed by atoms with E-state index in [1.165, 1.54) is 12.1 Å². The third-order valence-electron chi connectivity index (χ3n) is 4.12. The maximum absolute atomic E-state index is 13.0. The molecule has 136 valence electrons. The zero-order valence-electron chi connectivity index (χ0n) is 14.8. The van der Waals surface area contributed by atoms with Gasteiger partial charge in [0.1, 0.15) is 5.82 Å². The third kappa shape index (κ3) is 3.62. The SMILES string of the molecule is CCn1cc(Cl)c(C(=O)Nc2c(C)nn(Cc3ccc(F)cc3)c2C)n1. The van der Waals surface area contributed by atoms with E-state index in [1.54, 1.807) is 27.7 Å². The van der Waals surface area contributed by atoms with Gasteiger partial charge in [-0.3, -0.25) is 14.2 Å². The average Bonchev–Trinajstić information content (AvgIpc) is 3.12. The van der Waals surface area contributed by atoms with Gasteiger partial charge in [0.2, 0.25) is 0 Å². The van der Waals surface area contributed by atoms with Crippen LogP contribution in [-0.2, 0) is 13.1 Å². The second-order valence-electron chi connectivity index (χ2n) is 5.97. The topological polar surface area (TPSA) is 64.7 Å². The van der Waals surface area contributed by atoms with Crippen molar-refractivity contribution in [3.05, 3.63) is 63.9 Å². The molecule has 1 N–H and O–H groups in total. The van der Waals surface area contributed by atoms with E-state index in [9.17, 15) is 9.18 Å². The first kappa shape index (κ1) is 18.1. The molecule has 0 aliphatic carbocycles. The summed E-state index contributed by atoms with van der Waals surface area (Å²) < 4.78 is 16.4. The van der Waals surface area contributed by atoms with Crippen LogP contribution in [0.2, 0.25) is 5.02 Å². The predicted octanol–water partition coefficient (Wildman–Crippen LogP) is 3.81. The van der Waals surface area contributed by atoms with Crippen LogP contribution in [-0.4, -0.2) is 25.5 Å². The van der Waals surface area contributed by atoms with Gasteiger partial charge in [-0.05, 0) is 38.5 Å². The number of aryl methyl sites for hydroxylation is 2. The number of nitrogens with one attached hydrogen (secondary N) is 1. The van der Waals surface area contributed by atoms with Crippen LogP contribution in [0.4, 0.5) is 10.1 Å². The van der Waals surface area contributed by atoms with Crippen LogP contribution in [0.15, 0.2) is 30.5 Å². The molecule has 6 nitrogen and oxygen atoms in total. The summed E-state index contributed by atoms with van der Waals surface area (Å²) in [5, 5.41) is 11.8. The standard InChI is InChI=1S/C18H19ClFN5O/c1-4-24-10-15(19)17(23-24)18(26)21-16-11(2)22-25(12(16)3)9-13-5-7-14(20)8-6-13/h5-8,10H,4,9H2,1-3H3,(H,21,26). The minimum Gasteiger partial charge on any atom is -0.317 e. The van der Waals surface area contributed by atoms with E-state index < -0.39 is 0 Å². The molecule has 8 heteroatoms. The highest BCUT2D eigenvalue weighted by atomic mass is 35.5. The van der Waals surface area contributed by atoms with Gasteiger partial charge in [-0.15, -0.1) is 0 Å². The van der Waals surface area contributed by atoms with E-state index in [2.05, 4.69) is 15.5 Å². The first-order valence-corrected chi connectivity index (χ1v) is 8.59. The largest absolute Gasteiger partial charge is 0.317 e. The van der Waals surface area contributed by atoms with E-state index in [-0.39, 0.29) is 17.4 Å². The number of aromatic nitrogens is 4. The minimum absolute atomic E-state index is 0.179. The molecule has 26 heavy (non-hydrogen) atoms. The summed E-state index contributed by atoms with van der Waals surface area (Å²) in [6, 6.07) is 6.24. The number of hydrogen-bond acceptors (Lipinski definition) is 3. The number of benzene rings is 1. The van der Waals surface area contributed by atoms with E-state index in [0.717, 1.165) is 11.3 Å². The fraction of sp³-hybridized carbons (Fsp3) is 0.278. The van der Waals surface area contributed by atoms with E-state index in [1.807, 2.05) is 20.8 Å². The second kappa shape index (κ2) is 7.29. The van der Waals surface area contributed by atoms with Crippen LogP contribution in [0.3, 0.4) is 0 Å². The molecule has 3 rings (SSSR count). The molecule has 3 aromatic rings. The number of hydrogen-bond donors (Lipinski definition) is 1. The summed E-state index contributed by atoms with van der Waals surface area (Å²) in [5.74, 6) is -0.659. The van der Waals surface area contributed by atoms with Gasteiger partial charge in [0.25, 0.3) is 5.91 Å². The fourth-order valence-electron chi connectivity index (χ4n) is 2.68. The van der Waals surface area contributed by atoms with Crippen LogP contribution >= 0.6 is 11.6 Å². The molecule has 0 unspecified atom stereocenters. The summed E-state index contributed by atoms with van der Waals surface area (Å²) in [7, 11) is 0. The van der Waals surface area contributed by atoms with Crippen molar-refractivity contribution in [3.63, 3.8) is 0 Å². The molecule has 0 aliphatic rings. The molecule has 0 spiro atoms. The molecule has 0 saturated heterocycles. The number of halogens is 2. The Labute approximate surface area is 155 Å². The van der Waals surface area contributed by atoms with Crippen LogP contribution in [0, 0.1) is 19.7 Å². The van der Waals surface area contributed by atoms with E-state index >= 15 is 0 Å².